The van der Waals surface area contributed by atoms with Gasteiger partial charge in [-0.05, 0) is 32.4 Å². The molecule has 0 aromatic carbocycles. The minimum Gasteiger partial charge on any atom is -0.356 e. The summed E-state index contributed by atoms with van der Waals surface area (Å²) in [7, 11) is 0. The lowest BCUT2D eigenvalue weighted by atomic mass is 10.1. The molecule has 1 fully saturated rings. The van der Waals surface area contributed by atoms with Crippen molar-refractivity contribution in [3.05, 3.63) is 46.7 Å². The van der Waals surface area contributed by atoms with E-state index in [0.29, 0.717) is 18.7 Å². The van der Waals surface area contributed by atoms with Crippen LogP contribution in [0.3, 0.4) is 0 Å². The lowest BCUT2D eigenvalue weighted by Gasteiger charge is -2.33. The summed E-state index contributed by atoms with van der Waals surface area (Å²) in [6, 6.07) is 3.60. The van der Waals surface area contributed by atoms with Gasteiger partial charge >= 0.3 is 0 Å². The number of anilines is 1. The van der Waals surface area contributed by atoms with Gasteiger partial charge in [0.2, 0.25) is 0 Å². The molecule has 4 heterocycles. The Balaban J connectivity index is 1.63. The minimum atomic E-state index is 0.0284. The first kappa shape index (κ1) is 14.1. The molecule has 0 spiro atoms. The van der Waals surface area contributed by atoms with Gasteiger partial charge in [-0.2, -0.15) is 0 Å². The molecule has 0 aliphatic carbocycles. The second-order valence-electron chi connectivity index (χ2n) is 6.21. The van der Waals surface area contributed by atoms with Crippen LogP contribution in [0.2, 0.25) is 0 Å². The van der Waals surface area contributed by atoms with Crippen LogP contribution in [0.5, 0.6) is 0 Å². The average Bonchev–Trinajstić information content (AvgIpc) is 2.88. The molecule has 1 amide bonds. The molecule has 2 aromatic heterocycles. The summed E-state index contributed by atoms with van der Waals surface area (Å²) in [4.78, 5) is 30.2. The molecule has 118 valence electrons. The molecule has 2 aliphatic rings. The van der Waals surface area contributed by atoms with Crippen molar-refractivity contribution < 1.29 is 4.79 Å². The monoisotopic (exact) mass is 309 g/mol. The molecule has 6 nitrogen and oxygen atoms in total. The second-order valence-corrected chi connectivity index (χ2v) is 6.21. The predicted octanol–water partition coefficient (Wildman–Crippen LogP) is 1.85. The highest BCUT2D eigenvalue weighted by atomic mass is 16.2. The van der Waals surface area contributed by atoms with Crippen LogP contribution < -0.4 is 4.90 Å². The van der Waals surface area contributed by atoms with Crippen molar-refractivity contribution in [3.63, 3.8) is 0 Å². The standard InChI is InChI=1S/C17H19N5O/c1-11-8-13(4-5-18-11)17(23)22-9-14-15(10-22)19-12(2)20-16(14)21-6-3-7-21/h4-5,8H,3,6-7,9-10H2,1-2H3. The highest BCUT2D eigenvalue weighted by Crippen LogP contribution is 2.32. The van der Waals surface area contributed by atoms with Gasteiger partial charge in [-0.1, -0.05) is 0 Å². The number of aryl methyl sites for hydroxylation is 2. The van der Waals surface area contributed by atoms with E-state index in [4.69, 9.17) is 0 Å². The third kappa shape index (κ3) is 2.44. The topological polar surface area (TPSA) is 62.2 Å². The van der Waals surface area contributed by atoms with Crippen LogP contribution in [0.15, 0.2) is 18.3 Å². The molecular weight excluding hydrogens is 290 g/mol. The third-order valence-corrected chi connectivity index (χ3v) is 4.46. The SMILES string of the molecule is Cc1cc(C(=O)N2Cc3nc(C)nc(N4CCC4)c3C2)ccn1. The number of carbonyl (C=O) groups excluding carboxylic acids is 1. The van der Waals surface area contributed by atoms with E-state index in [1.807, 2.05) is 24.8 Å². The van der Waals surface area contributed by atoms with Gasteiger partial charge in [0.1, 0.15) is 11.6 Å². The number of aromatic nitrogens is 3. The summed E-state index contributed by atoms with van der Waals surface area (Å²) in [6.45, 7) is 7.04. The number of amides is 1. The first-order chi connectivity index (χ1) is 11.1. The zero-order valence-corrected chi connectivity index (χ0v) is 13.4. The Kier molecular flexibility index (Phi) is 3.25. The van der Waals surface area contributed by atoms with Crippen LogP contribution in [0.25, 0.3) is 0 Å². The van der Waals surface area contributed by atoms with E-state index in [1.165, 1.54) is 6.42 Å². The van der Waals surface area contributed by atoms with Crippen molar-refractivity contribution in [2.24, 2.45) is 0 Å². The van der Waals surface area contributed by atoms with E-state index >= 15 is 0 Å². The molecule has 0 unspecified atom stereocenters. The van der Waals surface area contributed by atoms with Crippen LogP contribution in [0, 0.1) is 13.8 Å². The van der Waals surface area contributed by atoms with E-state index < -0.39 is 0 Å². The third-order valence-electron chi connectivity index (χ3n) is 4.46. The second kappa shape index (κ2) is 5.30. The number of nitrogens with zero attached hydrogens (tertiary/aromatic N) is 5. The number of rotatable bonds is 2. The summed E-state index contributed by atoms with van der Waals surface area (Å²) < 4.78 is 0. The van der Waals surface area contributed by atoms with Crippen LogP contribution in [0.4, 0.5) is 5.82 Å². The van der Waals surface area contributed by atoms with E-state index in [2.05, 4.69) is 19.9 Å². The van der Waals surface area contributed by atoms with Gasteiger partial charge in [0.25, 0.3) is 5.91 Å². The Morgan fingerprint density at radius 3 is 2.70 bits per heavy atom. The van der Waals surface area contributed by atoms with Gasteiger partial charge in [0.05, 0.1) is 18.8 Å². The molecule has 0 bridgehead atoms. The molecule has 0 N–H and O–H groups in total. The van der Waals surface area contributed by atoms with Gasteiger partial charge in [0.15, 0.2) is 0 Å². The van der Waals surface area contributed by atoms with Gasteiger partial charge < -0.3 is 9.80 Å². The first-order valence-electron chi connectivity index (χ1n) is 7.95. The van der Waals surface area contributed by atoms with Crippen molar-refractivity contribution in [2.75, 3.05) is 18.0 Å². The first-order valence-corrected chi connectivity index (χ1v) is 7.95. The Morgan fingerprint density at radius 1 is 1.17 bits per heavy atom. The molecule has 4 rings (SSSR count). The summed E-state index contributed by atoms with van der Waals surface area (Å²) >= 11 is 0. The summed E-state index contributed by atoms with van der Waals surface area (Å²) in [5.74, 6) is 1.82. The van der Waals surface area contributed by atoms with Crippen molar-refractivity contribution in [1.29, 1.82) is 0 Å². The molecular formula is C17H19N5O. The zero-order chi connectivity index (χ0) is 16.0. The molecule has 0 radical (unpaired) electrons. The zero-order valence-electron chi connectivity index (χ0n) is 13.4. The molecule has 0 atom stereocenters. The lowest BCUT2D eigenvalue weighted by molar-refractivity contribution is 0.0750. The van der Waals surface area contributed by atoms with Crippen LogP contribution >= 0.6 is 0 Å². The smallest absolute Gasteiger partial charge is 0.254 e. The normalized spacial score (nSPS) is 16.3. The predicted molar refractivity (Wildman–Crippen MR) is 86.2 cm³/mol. The van der Waals surface area contributed by atoms with Crippen molar-refractivity contribution >= 4 is 11.7 Å². The molecule has 0 saturated carbocycles. The highest BCUT2D eigenvalue weighted by Gasteiger charge is 2.31. The average molecular weight is 309 g/mol. The largest absolute Gasteiger partial charge is 0.356 e. The van der Waals surface area contributed by atoms with E-state index in [1.54, 1.807) is 12.3 Å². The fourth-order valence-corrected chi connectivity index (χ4v) is 3.15. The summed E-state index contributed by atoms with van der Waals surface area (Å²) in [6.07, 6.45) is 2.89. The lowest BCUT2D eigenvalue weighted by Crippen LogP contribution is -2.38. The van der Waals surface area contributed by atoms with Crippen LogP contribution in [-0.2, 0) is 13.1 Å². The van der Waals surface area contributed by atoms with Crippen molar-refractivity contribution in [1.82, 2.24) is 19.9 Å². The Hall–Kier alpha value is -2.50. The van der Waals surface area contributed by atoms with Gasteiger partial charge in [-0.3, -0.25) is 9.78 Å². The van der Waals surface area contributed by atoms with E-state index in [-0.39, 0.29) is 5.91 Å². The van der Waals surface area contributed by atoms with E-state index in [0.717, 1.165) is 41.7 Å². The summed E-state index contributed by atoms with van der Waals surface area (Å²) in [5.41, 5.74) is 3.62. The van der Waals surface area contributed by atoms with Crippen molar-refractivity contribution in [2.45, 2.75) is 33.4 Å². The molecule has 2 aromatic rings. The van der Waals surface area contributed by atoms with E-state index in [9.17, 15) is 4.79 Å². The van der Waals surface area contributed by atoms with Gasteiger partial charge in [-0.15, -0.1) is 0 Å². The van der Waals surface area contributed by atoms with Gasteiger partial charge in [0, 0.05) is 36.1 Å². The fourth-order valence-electron chi connectivity index (χ4n) is 3.15. The van der Waals surface area contributed by atoms with Crippen LogP contribution in [-0.4, -0.2) is 38.8 Å². The van der Waals surface area contributed by atoms with Crippen LogP contribution in [0.1, 0.15) is 39.6 Å². The molecule has 6 heteroatoms. The number of hydrogen-bond acceptors (Lipinski definition) is 5. The molecule has 2 aliphatic heterocycles. The quantitative estimate of drug-likeness (QED) is 0.847. The number of fused-ring (bicyclic) bond motifs is 1. The summed E-state index contributed by atoms with van der Waals surface area (Å²) in [5, 5.41) is 0. The Labute approximate surface area is 135 Å². The van der Waals surface area contributed by atoms with Gasteiger partial charge in [-0.25, -0.2) is 9.97 Å². The van der Waals surface area contributed by atoms with Crippen molar-refractivity contribution in [3.8, 4) is 0 Å². The number of carbonyl (C=O) groups is 1. The maximum atomic E-state index is 12.8. The molecule has 23 heavy (non-hydrogen) atoms. The number of pyridine rings is 1. The number of hydrogen-bond donors (Lipinski definition) is 0. The fraction of sp³-hybridized carbons (Fsp3) is 0.412. The minimum absolute atomic E-state index is 0.0284. The maximum Gasteiger partial charge on any atom is 0.254 e. The maximum absolute atomic E-state index is 12.8. The molecule has 1 saturated heterocycles. The Bertz CT molecular complexity index is 785. The highest BCUT2D eigenvalue weighted by molar-refractivity contribution is 5.94. The Morgan fingerprint density at radius 2 is 2.00 bits per heavy atom.